The molecule has 1 N–H and O–H groups in total. The average molecular weight is 173 g/mol. The molecule has 0 atom stereocenters. The Morgan fingerprint density at radius 2 is 1.64 bits per heavy atom. The quantitative estimate of drug-likeness (QED) is 0.598. The Balaban J connectivity index is 2.04. The second-order valence-electron chi connectivity index (χ2n) is 4.07. The van der Waals surface area contributed by atoms with Crippen LogP contribution in [0.5, 0.6) is 0 Å². The van der Waals surface area contributed by atoms with E-state index in [9.17, 15) is 4.21 Å². The summed E-state index contributed by atoms with van der Waals surface area (Å²) in [6, 6.07) is 0. The van der Waals surface area contributed by atoms with E-state index < -0.39 is 9.73 Å². The van der Waals surface area contributed by atoms with Gasteiger partial charge in [-0.05, 0) is 31.1 Å². The molecule has 11 heavy (non-hydrogen) atoms. The highest BCUT2D eigenvalue weighted by Crippen LogP contribution is 2.49. The minimum atomic E-state index is -2.13. The Morgan fingerprint density at radius 3 is 2.00 bits per heavy atom. The number of hydrogen-bond acceptors (Lipinski definition) is 2. The lowest BCUT2D eigenvalue weighted by Gasteiger charge is -2.45. The first-order valence-corrected chi connectivity index (χ1v) is 6.26. The third kappa shape index (κ3) is 1.31. The summed E-state index contributed by atoms with van der Waals surface area (Å²) in [6.07, 6.45) is 6.16. The molecular formula is C8H15NOS. The van der Waals surface area contributed by atoms with Crippen LogP contribution in [0.3, 0.4) is 0 Å². The van der Waals surface area contributed by atoms with Crippen LogP contribution < -0.4 is 0 Å². The molecule has 1 saturated heterocycles. The maximum Gasteiger partial charge on any atom is 0.0441 e. The molecule has 0 unspecified atom stereocenters. The van der Waals surface area contributed by atoms with Crippen LogP contribution in [-0.2, 0) is 9.73 Å². The highest BCUT2D eigenvalue weighted by Gasteiger charge is 2.40. The fourth-order valence-corrected chi connectivity index (χ4v) is 3.90. The topological polar surface area (TPSA) is 40.9 Å². The van der Waals surface area contributed by atoms with E-state index in [-0.39, 0.29) is 0 Å². The van der Waals surface area contributed by atoms with Crippen LogP contribution in [0, 0.1) is 10.2 Å². The predicted molar refractivity (Wildman–Crippen MR) is 46.1 cm³/mol. The molecule has 0 bridgehead atoms. The minimum absolute atomic E-state index is 0.558. The van der Waals surface area contributed by atoms with Gasteiger partial charge in [0.1, 0.15) is 0 Å². The fourth-order valence-electron chi connectivity index (χ4n) is 2.17. The van der Waals surface area contributed by atoms with Crippen molar-refractivity contribution in [3.63, 3.8) is 0 Å². The highest BCUT2D eigenvalue weighted by molar-refractivity contribution is 7.92. The maximum atomic E-state index is 11.3. The molecule has 1 saturated carbocycles. The van der Waals surface area contributed by atoms with Crippen molar-refractivity contribution in [3.05, 3.63) is 0 Å². The monoisotopic (exact) mass is 173 g/mol. The SMILES string of the molecule is N=S1(=O)CCC2(CCC2)CC1. The Bertz CT molecular complexity index is 235. The molecule has 2 rings (SSSR count). The van der Waals surface area contributed by atoms with Gasteiger partial charge >= 0.3 is 0 Å². The summed E-state index contributed by atoms with van der Waals surface area (Å²) in [7, 11) is -2.13. The molecule has 0 aromatic heterocycles. The molecule has 0 radical (unpaired) electrons. The van der Waals surface area contributed by atoms with E-state index in [2.05, 4.69) is 0 Å². The molecule has 64 valence electrons. The van der Waals surface area contributed by atoms with Crippen molar-refractivity contribution in [2.75, 3.05) is 11.5 Å². The lowest BCUT2D eigenvalue weighted by Crippen LogP contribution is -2.38. The van der Waals surface area contributed by atoms with Crippen LogP contribution in [0.1, 0.15) is 32.1 Å². The smallest absolute Gasteiger partial charge is 0.0441 e. The Hall–Kier alpha value is -0.0500. The van der Waals surface area contributed by atoms with Crippen molar-refractivity contribution in [2.45, 2.75) is 32.1 Å². The van der Waals surface area contributed by atoms with Crippen molar-refractivity contribution in [2.24, 2.45) is 5.41 Å². The summed E-state index contributed by atoms with van der Waals surface area (Å²) in [6.45, 7) is 0. The molecule has 0 amide bonds. The van der Waals surface area contributed by atoms with Gasteiger partial charge in [0, 0.05) is 21.2 Å². The molecule has 1 aliphatic heterocycles. The third-order valence-corrected chi connectivity index (χ3v) is 5.07. The zero-order valence-corrected chi connectivity index (χ0v) is 7.58. The molecule has 3 heteroatoms. The zero-order chi connectivity index (χ0) is 7.95. The Kier molecular flexibility index (Phi) is 1.53. The summed E-state index contributed by atoms with van der Waals surface area (Å²) >= 11 is 0. The van der Waals surface area contributed by atoms with E-state index in [4.69, 9.17) is 4.78 Å². The van der Waals surface area contributed by atoms with E-state index >= 15 is 0 Å². The number of rotatable bonds is 0. The first-order valence-electron chi connectivity index (χ1n) is 4.36. The van der Waals surface area contributed by atoms with Crippen molar-refractivity contribution in [3.8, 4) is 0 Å². The average Bonchev–Trinajstić information content (AvgIpc) is 1.84. The van der Waals surface area contributed by atoms with Crippen molar-refractivity contribution in [1.82, 2.24) is 0 Å². The molecule has 0 aromatic carbocycles. The fraction of sp³-hybridized carbons (Fsp3) is 1.00. The lowest BCUT2D eigenvalue weighted by atomic mass is 9.65. The van der Waals surface area contributed by atoms with E-state index in [1.807, 2.05) is 0 Å². The molecule has 1 aliphatic carbocycles. The van der Waals surface area contributed by atoms with Gasteiger partial charge in [0.15, 0.2) is 0 Å². The summed E-state index contributed by atoms with van der Waals surface area (Å²) in [5.41, 5.74) is 0.558. The van der Waals surface area contributed by atoms with Crippen molar-refractivity contribution >= 4 is 9.73 Å². The van der Waals surface area contributed by atoms with Crippen molar-refractivity contribution < 1.29 is 4.21 Å². The van der Waals surface area contributed by atoms with Crippen LogP contribution in [0.25, 0.3) is 0 Å². The van der Waals surface area contributed by atoms with Gasteiger partial charge in [-0.15, -0.1) is 0 Å². The molecule has 0 aromatic rings. The van der Waals surface area contributed by atoms with Crippen LogP contribution >= 0.6 is 0 Å². The Morgan fingerprint density at radius 1 is 1.09 bits per heavy atom. The summed E-state index contributed by atoms with van der Waals surface area (Å²) in [5.74, 6) is 1.35. The number of hydrogen-bond donors (Lipinski definition) is 1. The minimum Gasteiger partial charge on any atom is -0.253 e. The standard InChI is InChI=1S/C8H15NOS/c9-11(10)6-4-8(5-7-11)2-1-3-8/h9H,1-7H2. The molecule has 2 nitrogen and oxygen atoms in total. The number of nitrogens with one attached hydrogen (secondary N) is 1. The van der Waals surface area contributed by atoms with Crippen LogP contribution in [0.4, 0.5) is 0 Å². The van der Waals surface area contributed by atoms with Gasteiger partial charge < -0.3 is 0 Å². The largest absolute Gasteiger partial charge is 0.253 e. The normalized spacial score (nSPS) is 33.1. The van der Waals surface area contributed by atoms with E-state index in [0.717, 1.165) is 12.8 Å². The predicted octanol–water partition coefficient (Wildman–Crippen LogP) is 2.00. The maximum absolute atomic E-state index is 11.3. The van der Waals surface area contributed by atoms with Gasteiger partial charge in [-0.3, -0.25) is 4.78 Å². The van der Waals surface area contributed by atoms with Crippen molar-refractivity contribution in [1.29, 1.82) is 4.78 Å². The zero-order valence-electron chi connectivity index (χ0n) is 6.77. The first kappa shape index (κ1) is 7.59. The summed E-state index contributed by atoms with van der Waals surface area (Å²) < 4.78 is 18.7. The molecule has 1 spiro atoms. The lowest BCUT2D eigenvalue weighted by molar-refractivity contribution is 0.118. The summed E-state index contributed by atoms with van der Waals surface area (Å²) in [4.78, 5) is 0. The molecule has 2 fully saturated rings. The van der Waals surface area contributed by atoms with Crippen LogP contribution in [0.15, 0.2) is 0 Å². The molecule has 1 heterocycles. The van der Waals surface area contributed by atoms with Gasteiger partial charge in [0.25, 0.3) is 0 Å². The van der Waals surface area contributed by atoms with E-state index in [0.29, 0.717) is 16.9 Å². The van der Waals surface area contributed by atoms with Gasteiger partial charge in [-0.2, -0.15) is 0 Å². The van der Waals surface area contributed by atoms with E-state index in [1.165, 1.54) is 19.3 Å². The second-order valence-corrected chi connectivity index (χ2v) is 6.51. The molecule has 2 aliphatic rings. The van der Waals surface area contributed by atoms with Gasteiger partial charge in [0.2, 0.25) is 0 Å². The Labute approximate surface area is 68.4 Å². The second kappa shape index (κ2) is 2.22. The third-order valence-electron chi connectivity index (χ3n) is 3.34. The van der Waals surface area contributed by atoms with Gasteiger partial charge in [-0.25, -0.2) is 4.21 Å². The molecular weight excluding hydrogens is 158 g/mol. The summed E-state index contributed by atoms with van der Waals surface area (Å²) in [5, 5.41) is 0. The van der Waals surface area contributed by atoms with Crippen LogP contribution in [0.2, 0.25) is 0 Å². The highest BCUT2D eigenvalue weighted by atomic mass is 32.2. The van der Waals surface area contributed by atoms with Gasteiger partial charge in [-0.1, -0.05) is 6.42 Å². The van der Waals surface area contributed by atoms with Gasteiger partial charge in [0.05, 0.1) is 0 Å². The van der Waals surface area contributed by atoms with Crippen LogP contribution in [-0.4, -0.2) is 15.7 Å². The first-order chi connectivity index (χ1) is 5.12. The van der Waals surface area contributed by atoms with E-state index in [1.54, 1.807) is 0 Å².